The van der Waals surface area contributed by atoms with Gasteiger partial charge in [-0.15, -0.1) is 6.58 Å². The van der Waals surface area contributed by atoms with Crippen molar-refractivity contribution in [3.63, 3.8) is 0 Å². The molecule has 1 aliphatic rings. The molecule has 1 aliphatic heterocycles. The normalized spacial score (nSPS) is 16.4. The molecule has 1 fully saturated rings. The van der Waals surface area contributed by atoms with Crippen molar-refractivity contribution in [3.05, 3.63) is 72.1 Å². The zero-order chi connectivity index (χ0) is 21.1. The summed E-state index contributed by atoms with van der Waals surface area (Å²) in [4.78, 5) is 19.1. The molecule has 0 radical (unpaired) electrons. The van der Waals surface area contributed by atoms with E-state index in [9.17, 15) is 4.79 Å². The number of imidazole rings is 1. The number of para-hydroxylation sites is 2. The van der Waals surface area contributed by atoms with Crippen LogP contribution in [0.25, 0.3) is 11.0 Å². The van der Waals surface area contributed by atoms with Gasteiger partial charge < -0.3 is 14.2 Å². The van der Waals surface area contributed by atoms with Gasteiger partial charge in [-0.05, 0) is 49.6 Å². The van der Waals surface area contributed by atoms with Crippen molar-refractivity contribution >= 4 is 16.9 Å². The molecule has 0 bridgehead atoms. The zero-order valence-corrected chi connectivity index (χ0v) is 17.8. The van der Waals surface area contributed by atoms with Crippen molar-refractivity contribution in [2.75, 3.05) is 19.7 Å². The Balaban J connectivity index is 1.50. The summed E-state index contributed by atoms with van der Waals surface area (Å²) in [6, 6.07) is 14.4. The van der Waals surface area contributed by atoms with E-state index in [0.717, 1.165) is 35.6 Å². The average molecular weight is 404 g/mol. The number of rotatable bonds is 8. The molecule has 0 saturated carbocycles. The Morgan fingerprint density at radius 2 is 2.03 bits per heavy atom. The second kappa shape index (κ2) is 8.74. The largest absolute Gasteiger partial charge is 0.493 e. The van der Waals surface area contributed by atoms with Crippen molar-refractivity contribution in [1.29, 1.82) is 0 Å². The molecule has 1 amide bonds. The summed E-state index contributed by atoms with van der Waals surface area (Å²) in [7, 11) is 0. The van der Waals surface area contributed by atoms with Gasteiger partial charge in [0, 0.05) is 32.0 Å². The maximum atomic E-state index is 12.4. The van der Waals surface area contributed by atoms with Gasteiger partial charge in [0.2, 0.25) is 5.91 Å². The third kappa shape index (κ3) is 3.97. The highest BCUT2D eigenvalue weighted by molar-refractivity contribution is 5.81. The van der Waals surface area contributed by atoms with E-state index >= 15 is 0 Å². The number of carbonyl (C=O) groups excluding carboxylic acids is 1. The lowest BCUT2D eigenvalue weighted by Crippen LogP contribution is -2.25. The van der Waals surface area contributed by atoms with Crippen molar-refractivity contribution in [2.24, 2.45) is 0 Å². The molecule has 0 N–H and O–H groups in total. The molecule has 2 heterocycles. The third-order valence-corrected chi connectivity index (χ3v) is 5.95. The van der Waals surface area contributed by atoms with Gasteiger partial charge in [-0.3, -0.25) is 4.79 Å². The molecule has 1 atom stereocenters. The zero-order valence-electron chi connectivity index (χ0n) is 17.8. The fourth-order valence-electron chi connectivity index (χ4n) is 4.20. The Kier molecular flexibility index (Phi) is 5.88. The Bertz CT molecular complexity index is 1070. The first-order chi connectivity index (χ1) is 14.6. The van der Waals surface area contributed by atoms with E-state index < -0.39 is 0 Å². The van der Waals surface area contributed by atoms with E-state index in [-0.39, 0.29) is 11.8 Å². The van der Waals surface area contributed by atoms with Crippen LogP contribution in [-0.2, 0) is 11.3 Å². The maximum absolute atomic E-state index is 12.4. The number of hydrogen-bond donors (Lipinski definition) is 0. The van der Waals surface area contributed by atoms with Crippen molar-refractivity contribution in [1.82, 2.24) is 14.5 Å². The highest BCUT2D eigenvalue weighted by atomic mass is 16.5. The minimum atomic E-state index is 0.116. The van der Waals surface area contributed by atoms with Crippen LogP contribution in [0.2, 0.25) is 0 Å². The quantitative estimate of drug-likeness (QED) is 0.407. The number of amides is 1. The first-order valence-electron chi connectivity index (χ1n) is 10.6. The fraction of sp³-hybridized carbons (Fsp3) is 0.360. The molecule has 5 nitrogen and oxygen atoms in total. The molecular weight excluding hydrogens is 374 g/mol. The molecule has 0 unspecified atom stereocenters. The number of fused-ring (bicyclic) bond motifs is 1. The van der Waals surface area contributed by atoms with Crippen LogP contribution in [0.4, 0.5) is 0 Å². The summed E-state index contributed by atoms with van der Waals surface area (Å²) in [5, 5.41) is 0. The Hall–Kier alpha value is -3.08. The SMILES string of the molecule is C=CCN1C[C@H](c2nc3ccccc3n2CCCOc2cccc(C)c2C)CC1=O. The number of aromatic nitrogens is 2. The molecule has 0 aliphatic carbocycles. The second-order valence-electron chi connectivity index (χ2n) is 8.00. The molecule has 1 aromatic heterocycles. The number of carbonyl (C=O) groups is 1. The lowest BCUT2D eigenvalue weighted by atomic mass is 10.1. The van der Waals surface area contributed by atoms with E-state index in [1.807, 2.05) is 35.2 Å². The second-order valence-corrected chi connectivity index (χ2v) is 8.00. The molecule has 2 aromatic carbocycles. The summed E-state index contributed by atoms with van der Waals surface area (Å²) < 4.78 is 8.33. The number of aryl methyl sites for hydroxylation is 2. The summed E-state index contributed by atoms with van der Waals surface area (Å²) in [6.45, 7) is 10.7. The monoisotopic (exact) mass is 403 g/mol. The van der Waals surface area contributed by atoms with Gasteiger partial charge in [-0.2, -0.15) is 0 Å². The van der Waals surface area contributed by atoms with Crippen LogP contribution >= 0.6 is 0 Å². The highest BCUT2D eigenvalue weighted by Gasteiger charge is 2.33. The average Bonchev–Trinajstić information content (AvgIpc) is 3.29. The van der Waals surface area contributed by atoms with Crippen molar-refractivity contribution in [3.8, 4) is 5.75 Å². The summed E-state index contributed by atoms with van der Waals surface area (Å²) >= 11 is 0. The van der Waals surface area contributed by atoms with Gasteiger partial charge in [-0.25, -0.2) is 4.98 Å². The number of ether oxygens (including phenoxy) is 1. The minimum absolute atomic E-state index is 0.116. The lowest BCUT2D eigenvalue weighted by molar-refractivity contribution is -0.127. The van der Waals surface area contributed by atoms with E-state index in [0.29, 0.717) is 26.1 Å². The van der Waals surface area contributed by atoms with Crippen LogP contribution in [0, 0.1) is 13.8 Å². The summed E-state index contributed by atoms with van der Waals surface area (Å²) in [5.41, 5.74) is 4.54. The lowest BCUT2D eigenvalue weighted by Gasteiger charge is -2.16. The minimum Gasteiger partial charge on any atom is -0.493 e. The van der Waals surface area contributed by atoms with Gasteiger partial charge in [-0.1, -0.05) is 30.3 Å². The maximum Gasteiger partial charge on any atom is 0.223 e. The highest BCUT2D eigenvalue weighted by Crippen LogP contribution is 2.30. The molecule has 4 rings (SSSR count). The van der Waals surface area contributed by atoms with Gasteiger partial charge in [0.05, 0.1) is 17.6 Å². The van der Waals surface area contributed by atoms with Crippen LogP contribution in [0.15, 0.2) is 55.1 Å². The van der Waals surface area contributed by atoms with Gasteiger partial charge in [0.15, 0.2) is 0 Å². The smallest absolute Gasteiger partial charge is 0.223 e. The Labute approximate surface area is 178 Å². The molecule has 0 spiro atoms. The van der Waals surface area contributed by atoms with Crippen LogP contribution in [0.5, 0.6) is 5.75 Å². The number of hydrogen-bond acceptors (Lipinski definition) is 3. The first kappa shape index (κ1) is 20.2. The standard InChI is InChI=1S/C25H29N3O2/c1-4-13-27-17-20(16-24(27)29)25-26-21-10-5-6-11-22(21)28(25)14-8-15-30-23-12-7-9-18(2)19(23)3/h4-7,9-12,20H,1,8,13-17H2,2-3H3/t20-/m1/s1. The van der Waals surface area contributed by atoms with E-state index in [2.05, 4.69) is 37.1 Å². The van der Waals surface area contributed by atoms with Crippen molar-refractivity contribution in [2.45, 2.75) is 39.2 Å². The fourth-order valence-corrected chi connectivity index (χ4v) is 4.20. The topological polar surface area (TPSA) is 47.4 Å². The summed E-state index contributed by atoms with van der Waals surface area (Å²) in [6.07, 6.45) is 3.17. The van der Waals surface area contributed by atoms with Crippen LogP contribution in [0.3, 0.4) is 0 Å². The van der Waals surface area contributed by atoms with E-state index in [1.54, 1.807) is 6.08 Å². The molecular formula is C25H29N3O2. The Morgan fingerprint density at radius 3 is 2.87 bits per heavy atom. The predicted octanol–water partition coefficient (Wildman–Crippen LogP) is 4.62. The third-order valence-electron chi connectivity index (χ3n) is 5.95. The summed E-state index contributed by atoms with van der Waals surface area (Å²) in [5.74, 6) is 2.25. The van der Waals surface area contributed by atoms with E-state index in [1.165, 1.54) is 11.1 Å². The Morgan fingerprint density at radius 1 is 1.20 bits per heavy atom. The van der Waals surface area contributed by atoms with Crippen molar-refractivity contribution < 1.29 is 9.53 Å². The van der Waals surface area contributed by atoms with Gasteiger partial charge >= 0.3 is 0 Å². The van der Waals surface area contributed by atoms with Crippen LogP contribution in [0.1, 0.15) is 35.7 Å². The molecule has 156 valence electrons. The first-order valence-corrected chi connectivity index (χ1v) is 10.6. The van der Waals surface area contributed by atoms with E-state index in [4.69, 9.17) is 9.72 Å². The number of likely N-dealkylation sites (tertiary alicyclic amines) is 1. The molecule has 5 heteroatoms. The van der Waals surface area contributed by atoms with Crippen LogP contribution < -0.4 is 4.74 Å². The van der Waals surface area contributed by atoms with Gasteiger partial charge in [0.25, 0.3) is 0 Å². The van der Waals surface area contributed by atoms with Gasteiger partial charge in [0.1, 0.15) is 11.6 Å². The molecule has 1 saturated heterocycles. The predicted molar refractivity (Wildman–Crippen MR) is 120 cm³/mol. The molecule has 30 heavy (non-hydrogen) atoms. The number of nitrogens with zero attached hydrogens (tertiary/aromatic N) is 3. The molecule has 3 aromatic rings. The van der Waals surface area contributed by atoms with Crippen LogP contribution in [-0.4, -0.2) is 40.1 Å². The number of benzene rings is 2.